The van der Waals surface area contributed by atoms with Gasteiger partial charge in [-0.25, -0.2) is 8.42 Å². The molecule has 1 aliphatic carbocycles. The van der Waals surface area contributed by atoms with E-state index in [9.17, 15) is 8.42 Å². The molecule has 2 rings (SSSR count). The molecule has 21 heavy (non-hydrogen) atoms. The summed E-state index contributed by atoms with van der Waals surface area (Å²) in [5.74, 6) is 0.393. The maximum atomic E-state index is 11.9. The van der Waals surface area contributed by atoms with E-state index >= 15 is 0 Å². The average molecular weight is 309 g/mol. The van der Waals surface area contributed by atoms with Gasteiger partial charge in [0.1, 0.15) is 9.84 Å². The number of sulfone groups is 1. The van der Waals surface area contributed by atoms with Crippen molar-refractivity contribution in [1.29, 1.82) is 0 Å². The first kappa shape index (κ1) is 16.5. The van der Waals surface area contributed by atoms with E-state index in [0.29, 0.717) is 5.92 Å². The minimum Gasteiger partial charge on any atom is -0.313 e. The third-order valence-electron chi connectivity index (χ3n) is 4.81. The molecule has 1 saturated carbocycles. The minimum atomic E-state index is -2.93. The second kappa shape index (κ2) is 6.49. The monoisotopic (exact) mass is 309 g/mol. The van der Waals surface area contributed by atoms with Crippen LogP contribution in [0.3, 0.4) is 0 Å². The van der Waals surface area contributed by atoms with Gasteiger partial charge in [0.05, 0.1) is 5.25 Å². The molecule has 3 nitrogen and oxygen atoms in total. The highest BCUT2D eigenvalue weighted by Crippen LogP contribution is 2.37. The van der Waals surface area contributed by atoms with Gasteiger partial charge in [0.25, 0.3) is 0 Å². The van der Waals surface area contributed by atoms with E-state index in [4.69, 9.17) is 0 Å². The van der Waals surface area contributed by atoms with E-state index in [0.717, 1.165) is 25.7 Å². The van der Waals surface area contributed by atoms with Crippen molar-refractivity contribution >= 4 is 9.84 Å². The van der Waals surface area contributed by atoms with Gasteiger partial charge in [0.15, 0.2) is 0 Å². The van der Waals surface area contributed by atoms with Crippen molar-refractivity contribution in [2.75, 3.05) is 13.3 Å². The molecule has 0 bridgehead atoms. The minimum absolute atomic E-state index is 0.169. The zero-order chi connectivity index (χ0) is 15.6. The highest BCUT2D eigenvalue weighted by molar-refractivity contribution is 7.91. The van der Waals surface area contributed by atoms with Crippen LogP contribution in [0.15, 0.2) is 18.2 Å². The van der Waals surface area contributed by atoms with Crippen LogP contribution in [-0.4, -0.2) is 27.0 Å². The van der Waals surface area contributed by atoms with E-state index in [2.05, 4.69) is 37.4 Å². The average Bonchev–Trinajstić information content (AvgIpc) is 2.41. The SMILES string of the molecule is CNC(c1ccc(C)cc1C)C1CCCC(S(C)(=O)=O)C1. The third kappa shape index (κ3) is 3.86. The Morgan fingerprint density at radius 1 is 1.24 bits per heavy atom. The predicted octanol–water partition coefficient (Wildman–Crippen LogP) is 3.17. The third-order valence-corrected chi connectivity index (χ3v) is 6.45. The Labute approximate surface area is 129 Å². The van der Waals surface area contributed by atoms with Gasteiger partial charge in [0.2, 0.25) is 0 Å². The van der Waals surface area contributed by atoms with Crippen LogP contribution in [0.1, 0.15) is 48.4 Å². The quantitative estimate of drug-likeness (QED) is 0.929. The summed E-state index contributed by atoms with van der Waals surface area (Å²) in [5, 5.41) is 3.26. The van der Waals surface area contributed by atoms with Crippen LogP contribution in [0.25, 0.3) is 0 Å². The molecule has 0 radical (unpaired) electrons. The molecule has 3 atom stereocenters. The van der Waals surface area contributed by atoms with Gasteiger partial charge in [-0.05, 0) is 57.2 Å². The topological polar surface area (TPSA) is 46.2 Å². The van der Waals surface area contributed by atoms with Crippen LogP contribution in [0, 0.1) is 19.8 Å². The smallest absolute Gasteiger partial charge is 0.150 e. The molecular formula is C17H27NO2S. The Hall–Kier alpha value is -0.870. The first-order valence-corrected chi connectivity index (χ1v) is 9.71. The van der Waals surface area contributed by atoms with Gasteiger partial charge in [0, 0.05) is 12.3 Å². The molecule has 0 spiro atoms. The molecule has 0 heterocycles. The summed E-state index contributed by atoms with van der Waals surface area (Å²) in [5.41, 5.74) is 3.86. The van der Waals surface area contributed by atoms with Gasteiger partial charge < -0.3 is 5.32 Å². The number of hydrogen-bond donors (Lipinski definition) is 1. The van der Waals surface area contributed by atoms with Crippen molar-refractivity contribution < 1.29 is 8.42 Å². The van der Waals surface area contributed by atoms with Crippen molar-refractivity contribution in [3.8, 4) is 0 Å². The largest absolute Gasteiger partial charge is 0.313 e. The lowest BCUT2D eigenvalue weighted by Gasteiger charge is -2.34. The zero-order valence-electron chi connectivity index (χ0n) is 13.5. The molecule has 1 aromatic rings. The molecule has 1 aromatic carbocycles. The lowest BCUT2D eigenvalue weighted by atomic mass is 9.79. The molecule has 0 aliphatic heterocycles. The number of rotatable bonds is 4. The van der Waals surface area contributed by atoms with E-state index < -0.39 is 9.84 Å². The summed E-state index contributed by atoms with van der Waals surface area (Å²) in [6.45, 7) is 4.25. The summed E-state index contributed by atoms with van der Waals surface area (Å²) in [7, 11) is -0.947. The molecule has 1 aliphatic rings. The molecule has 1 fully saturated rings. The fourth-order valence-electron chi connectivity index (χ4n) is 3.69. The Morgan fingerprint density at radius 3 is 2.52 bits per heavy atom. The Bertz CT molecular complexity index is 595. The van der Waals surface area contributed by atoms with Crippen LogP contribution < -0.4 is 5.32 Å². The first-order chi connectivity index (χ1) is 9.82. The highest BCUT2D eigenvalue weighted by Gasteiger charge is 2.33. The van der Waals surface area contributed by atoms with E-state index in [1.165, 1.54) is 22.9 Å². The van der Waals surface area contributed by atoms with Gasteiger partial charge in [-0.2, -0.15) is 0 Å². The van der Waals surface area contributed by atoms with Crippen LogP contribution in [0.5, 0.6) is 0 Å². The number of benzene rings is 1. The lowest BCUT2D eigenvalue weighted by molar-refractivity contribution is 0.282. The normalized spacial score (nSPS) is 24.8. The molecule has 0 saturated heterocycles. The van der Waals surface area contributed by atoms with Crippen molar-refractivity contribution in [2.24, 2.45) is 5.92 Å². The van der Waals surface area contributed by atoms with Crippen molar-refractivity contribution in [3.05, 3.63) is 34.9 Å². The lowest BCUT2D eigenvalue weighted by Crippen LogP contribution is -2.34. The number of hydrogen-bond acceptors (Lipinski definition) is 3. The molecule has 4 heteroatoms. The first-order valence-electron chi connectivity index (χ1n) is 7.76. The van der Waals surface area contributed by atoms with Crippen molar-refractivity contribution in [3.63, 3.8) is 0 Å². The molecule has 0 aromatic heterocycles. The van der Waals surface area contributed by atoms with Gasteiger partial charge >= 0.3 is 0 Å². The van der Waals surface area contributed by atoms with Gasteiger partial charge in [-0.3, -0.25) is 0 Å². The summed E-state index contributed by atoms with van der Waals surface area (Å²) in [6.07, 6.45) is 5.08. The number of nitrogens with one attached hydrogen (secondary N) is 1. The summed E-state index contributed by atoms with van der Waals surface area (Å²) in [6, 6.07) is 6.78. The van der Waals surface area contributed by atoms with Crippen molar-refractivity contribution in [2.45, 2.75) is 50.8 Å². The zero-order valence-corrected chi connectivity index (χ0v) is 14.3. The second-order valence-electron chi connectivity index (χ2n) is 6.50. The second-order valence-corrected chi connectivity index (χ2v) is 8.83. The van der Waals surface area contributed by atoms with E-state index in [1.807, 2.05) is 7.05 Å². The maximum absolute atomic E-state index is 11.9. The molecular weight excluding hydrogens is 282 g/mol. The fraction of sp³-hybridized carbons (Fsp3) is 0.647. The maximum Gasteiger partial charge on any atom is 0.150 e. The van der Waals surface area contributed by atoms with Crippen LogP contribution in [0.2, 0.25) is 0 Å². The standard InChI is InChI=1S/C17H27NO2S/c1-12-8-9-16(13(2)10-12)17(18-3)14-6-5-7-15(11-14)21(4,19)20/h8-10,14-15,17-18H,5-7,11H2,1-4H3. The Morgan fingerprint density at radius 2 is 1.95 bits per heavy atom. The van der Waals surface area contributed by atoms with Crippen LogP contribution >= 0.6 is 0 Å². The molecule has 118 valence electrons. The molecule has 1 N–H and O–H groups in total. The summed E-state index contributed by atoms with van der Waals surface area (Å²) < 4.78 is 23.7. The Balaban J connectivity index is 2.24. The van der Waals surface area contributed by atoms with Crippen LogP contribution in [0.4, 0.5) is 0 Å². The van der Waals surface area contributed by atoms with Gasteiger partial charge in [-0.1, -0.05) is 30.2 Å². The van der Waals surface area contributed by atoms with Crippen molar-refractivity contribution in [1.82, 2.24) is 5.32 Å². The fourth-order valence-corrected chi connectivity index (χ4v) is 4.88. The summed E-state index contributed by atoms with van der Waals surface area (Å²) >= 11 is 0. The molecule has 0 amide bonds. The van der Waals surface area contributed by atoms with Gasteiger partial charge in [-0.15, -0.1) is 0 Å². The predicted molar refractivity (Wildman–Crippen MR) is 88.3 cm³/mol. The molecule has 3 unspecified atom stereocenters. The number of aryl methyl sites for hydroxylation is 2. The Kier molecular flexibility index (Phi) is 5.10. The van der Waals surface area contributed by atoms with E-state index in [1.54, 1.807) is 0 Å². The highest BCUT2D eigenvalue weighted by atomic mass is 32.2. The van der Waals surface area contributed by atoms with E-state index in [-0.39, 0.29) is 11.3 Å². The summed E-state index contributed by atoms with van der Waals surface area (Å²) in [4.78, 5) is 0. The van der Waals surface area contributed by atoms with Crippen LogP contribution in [-0.2, 0) is 9.84 Å².